The Bertz CT molecular complexity index is 313. The maximum Gasteiger partial charge on any atom is 0.237 e. The van der Waals surface area contributed by atoms with Crippen molar-refractivity contribution in [2.75, 3.05) is 0 Å². The molecule has 0 aliphatic heterocycles. The van der Waals surface area contributed by atoms with Crippen LogP contribution in [0.4, 0.5) is 0 Å². The minimum absolute atomic E-state index is 0.142. The van der Waals surface area contributed by atoms with Crippen LogP contribution in [0.3, 0.4) is 0 Å². The van der Waals surface area contributed by atoms with Gasteiger partial charge in [0.2, 0.25) is 5.91 Å². The molecule has 0 bridgehead atoms. The highest BCUT2D eigenvalue weighted by molar-refractivity contribution is 5.82. The summed E-state index contributed by atoms with van der Waals surface area (Å²) in [7, 11) is 0. The molecule has 0 fully saturated rings. The van der Waals surface area contributed by atoms with Crippen LogP contribution in [-0.4, -0.2) is 21.9 Å². The van der Waals surface area contributed by atoms with Crippen molar-refractivity contribution in [3.63, 3.8) is 0 Å². The molecule has 0 aliphatic carbocycles. The summed E-state index contributed by atoms with van der Waals surface area (Å²) in [5.41, 5.74) is 6.44. The van der Waals surface area contributed by atoms with Gasteiger partial charge in [-0.1, -0.05) is 20.8 Å². The first-order chi connectivity index (χ1) is 6.91. The van der Waals surface area contributed by atoms with E-state index in [1.54, 1.807) is 12.5 Å². The van der Waals surface area contributed by atoms with Crippen molar-refractivity contribution in [1.29, 1.82) is 0 Å². The van der Waals surface area contributed by atoms with Crippen LogP contribution in [0.5, 0.6) is 0 Å². The van der Waals surface area contributed by atoms with Gasteiger partial charge in [-0.15, -0.1) is 0 Å². The van der Waals surface area contributed by atoms with E-state index in [1.165, 1.54) is 0 Å². The minimum Gasteiger partial charge on any atom is -0.349 e. The number of aromatic nitrogens is 2. The van der Waals surface area contributed by atoms with Crippen LogP contribution in [0.25, 0.3) is 0 Å². The highest BCUT2D eigenvalue weighted by Gasteiger charge is 2.27. The zero-order valence-corrected chi connectivity index (χ0v) is 9.37. The van der Waals surface area contributed by atoms with Crippen molar-refractivity contribution < 1.29 is 4.79 Å². The van der Waals surface area contributed by atoms with E-state index < -0.39 is 6.04 Å². The SMILES string of the molecule is CC(C)(C)[C@H](N)C(=O)NCc1cnc[nH]1. The molecular formula is C10H18N4O. The fraction of sp³-hybridized carbons (Fsp3) is 0.600. The van der Waals surface area contributed by atoms with Crippen molar-refractivity contribution in [1.82, 2.24) is 15.3 Å². The lowest BCUT2D eigenvalue weighted by atomic mass is 9.87. The number of nitrogens with zero attached hydrogens (tertiary/aromatic N) is 1. The van der Waals surface area contributed by atoms with Gasteiger partial charge in [-0.05, 0) is 5.41 Å². The number of aromatic amines is 1. The zero-order valence-electron chi connectivity index (χ0n) is 9.37. The normalized spacial score (nSPS) is 13.6. The van der Waals surface area contributed by atoms with Gasteiger partial charge in [0, 0.05) is 6.20 Å². The Hall–Kier alpha value is -1.36. The standard InChI is InChI=1S/C10H18N4O/c1-10(2,3)8(11)9(15)13-5-7-4-12-6-14-7/h4,6,8H,5,11H2,1-3H3,(H,12,14)(H,13,15)/t8-/m1/s1. The van der Waals surface area contributed by atoms with E-state index in [0.717, 1.165) is 5.69 Å². The van der Waals surface area contributed by atoms with Gasteiger partial charge in [-0.25, -0.2) is 4.98 Å². The van der Waals surface area contributed by atoms with E-state index in [1.807, 2.05) is 20.8 Å². The second-order valence-electron chi connectivity index (χ2n) is 4.64. The molecule has 1 heterocycles. The molecule has 5 heteroatoms. The molecular weight excluding hydrogens is 192 g/mol. The molecule has 0 spiro atoms. The second kappa shape index (κ2) is 4.44. The molecule has 0 unspecified atom stereocenters. The van der Waals surface area contributed by atoms with Crippen LogP contribution in [0.1, 0.15) is 26.5 Å². The number of H-pyrrole nitrogens is 1. The number of imidazole rings is 1. The Balaban J connectivity index is 2.43. The predicted molar refractivity (Wildman–Crippen MR) is 57.9 cm³/mol. The van der Waals surface area contributed by atoms with Gasteiger partial charge in [-0.3, -0.25) is 4.79 Å². The van der Waals surface area contributed by atoms with Crippen LogP contribution in [0.2, 0.25) is 0 Å². The van der Waals surface area contributed by atoms with E-state index in [0.29, 0.717) is 6.54 Å². The number of amides is 1. The summed E-state index contributed by atoms with van der Waals surface area (Å²) in [4.78, 5) is 18.4. The lowest BCUT2D eigenvalue weighted by molar-refractivity contribution is -0.124. The summed E-state index contributed by atoms with van der Waals surface area (Å²) in [5, 5.41) is 2.76. The Morgan fingerprint density at radius 1 is 1.67 bits per heavy atom. The zero-order chi connectivity index (χ0) is 11.5. The fourth-order valence-corrected chi connectivity index (χ4v) is 1.07. The number of carbonyl (C=O) groups is 1. The van der Waals surface area contributed by atoms with E-state index in [2.05, 4.69) is 15.3 Å². The second-order valence-corrected chi connectivity index (χ2v) is 4.64. The lowest BCUT2D eigenvalue weighted by Crippen LogP contribution is -2.48. The van der Waals surface area contributed by atoms with Gasteiger partial charge < -0.3 is 16.0 Å². The maximum atomic E-state index is 11.6. The molecule has 0 aromatic carbocycles. The van der Waals surface area contributed by atoms with Gasteiger partial charge >= 0.3 is 0 Å². The number of rotatable bonds is 3. The minimum atomic E-state index is -0.500. The van der Waals surface area contributed by atoms with Crippen molar-refractivity contribution in [3.05, 3.63) is 18.2 Å². The van der Waals surface area contributed by atoms with Crippen LogP contribution in [-0.2, 0) is 11.3 Å². The maximum absolute atomic E-state index is 11.6. The molecule has 5 nitrogen and oxygen atoms in total. The largest absolute Gasteiger partial charge is 0.349 e. The van der Waals surface area contributed by atoms with Gasteiger partial charge in [-0.2, -0.15) is 0 Å². The average Bonchev–Trinajstić information content (AvgIpc) is 2.63. The molecule has 0 aliphatic rings. The summed E-state index contributed by atoms with van der Waals surface area (Å²) in [6.07, 6.45) is 3.24. The molecule has 1 atom stereocenters. The molecule has 1 aromatic heterocycles. The summed E-state index contributed by atoms with van der Waals surface area (Å²) in [6.45, 7) is 6.25. The summed E-state index contributed by atoms with van der Waals surface area (Å²) in [5.74, 6) is -0.142. The molecule has 84 valence electrons. The van der Waals surface area contributed by atoms with Crippen LogP contribution in [0, 0.1) is 5.41 Å². The number of nitrogens with one attached hydrogen (secondary N) is 2. The third-order valence-electron chi connectivity index (χ3n) is 2.22. The van der Waals surface area contributed by atoms with Crippen LogP contribution in [0.15, 0.2) is 12.5 Å². The summed E-state index contributed by atoms with van der Waals surface area (Å²) >= 11 is 0. The topological polar surface area (TPSA) is 83.8 Å². The fourth-order valence-electron chi connectivity index (χ4n) is 1.07. The predicted octanol–water partition coefficient (Wildman–Crippen LogP) is 0.399. The number of hydrogen-bond acceptors (Lipinski definition) is 3. The van der Waals surface area contributed by atoms with Crippen LogP contribution < -0.4 is 11.1 Å². The number of carbonyl (C=O) groups excluding carboxylic acids is 1. The Morgan fingerprint density at radius 2 is 2.33 bits per heavy atom. The van der Waals surface area contributed by atoms with Crippen LogP contribution >= 0.6 is 0 Å². The number of hydrogen-bond donors (Lipinski definition) is 3. The average molecular weight is 210 g/mol. The van der Waals surface area contributed by atoms with Gasteiger partial charge in [0.25, 0.3) is 0 Å². The Kier molecular flexibility index (Phi) is 3.47. The molecule has 15 heavy (non-hydrogen) atoms. The molecule has 4 N–H and O–H groups in total. The summed E-state index contributed by atoms with van der Waals surface area (Å²) < 4.78 is 0. The van der Waals surface area contributed by atoms with E-state index in [-0.39, 0.29) is 11.3 Å². The highest BCUT2D eigenvalue weighted by Crippen LogP contribution is 2.17. The monoisotopic (exact) mass is 210 g/mol. The Morgan fingerprint density at radius 3 is 2.80 bits per heavy atom. The lowest BCUT2D eigenvalue weighted by Gasteiger charge is -2.25. The Labute approximate surface area is 89.5 Å². The highest BCUT2D eigenvalue weighted by atomic mass is 16.2. The molecule has 1 rings (SSSR count). The van der Waals surface area contributed by atoms with E-state index >= 15 is 0 Å². The van der Waals surface area contributed by atoms with Crippen molar-refractivity contribution in [2.45, 2.75) is 33.4 Å². The molecule has 1 aromatic rings. The van der Waals surface area contributed by atoms with Gasteiger partial charge in [0.05, 0.1) is 24.6 Å². The molecule has 0 radical (unpaired) electrons. The van der Waals surface area contributed by atoms with Gasteiger partial charge in [0.15, 0.2) is 0 Å². The number of nitrogens with two attached hydrogens (primary N) is 1. The van der Waals surface area contributed by atoms with Crippen molar-refractivity contribution in [2.24, 2.45) is 11.1 Å². The quantitative estimate of drug-likeness (QED) is 0.675. The van der Waals surface area contributed by atoms with Gasteiger partial charge in [0.1, 0.15) is 0 Å². The van der Waals surface area contributed by atoms with Crippen molar-refractivity contribution in [3.8, 4) is 0 Å². The summed E-state index contributed by atoms with van der Waals surface area (Å²) in [6, 6.07) is -0.500. The smallest absolute Gasteiger partial charge is 0.237 e. The first-order valence-electron chi connectivity index (χ1n) is 4.92. The molecule has 0 saturated carbocycles. The third-order valence-corrected chi connectivity index (χ3v) is 2.22. The first kappa shape index (κ1) is 11.7. The third kappa shape index (κ3) is 3.36. The first-order valence-corrected chi connectivity index (χ1v) is 4.92. The molecule has 1 amide bonds. The van der Waals surface area contributed by atoms with E-state index in [9.17, 15) is 4.79 Å². The van der Waals surface area contributed by atoms with E-state index in [4.69, 9.17) is 5.73 Å². The molecule has 0 saturated heterocycles. The van der Waals surface area contributed by atoms with Crippen molar-refractivity contribution >= 4 is 5.91 Å².